The molecule has 0 spiro atoms. The van der Waals surface area contributed by atoms with Crippen LogP contribution >= 0.6 is 0 Å². The van der Waals surface area contributed by atoms with Crippen LogP contribution in [-0.2, 0) is 9.84 Å². The highest BCUT2D eigenvalue weighted by atomic mass is 32.2. The Bertz CT molecular complexity index is 1340. The lowest BCUT2D eigenvalue weighted by Crippen LogP contribution is -2.34. The minimum Gasteiger partial charge on any atom is -0.497 e. The number of methoxy groups -OCH3 is 1. The third-order valence-electron chi connectivity index (χ3n) is 7.21. The first kappa shape index (κ1) is 23.8. The third kappa shape index (κ3) is 4.91. The van der Waals surface area contributed by atoms with Gasteiger partial charge in [-0.25, -0.2) is 18.1 Å². The van der Waals surface area contributed by atoms with Crippen molar-refractivity contribution in [3.8, 4) is 17.0 Å². The maximum absolute atomic E-state index is 13.6. The summed E-state index contributed by atoms with van der Waals surface area (Å²) in [6.45, 7) is 1.86. The zero-order chi connectivity index (χ0) is 24.6. The molecule has 3 aromatic rings. The van der Waals surface area contributed by atoms with E-state index in [4.69, 9.17) is 14.8 Å². The second-order valence-electron chi connectivity index (χ2n) is 9.73. The molecule has 9 heteroatoms. The van der Waals surface area contributed by atoms with Gasteiger partial charge in [-0.15, -0.1) is 0 Å². The number of pyridine rings is 1. The number of fused-ring (bicyclic) bond motifs is 1. The van der Waals surface area contributed by atoms with E-state index in [0.29, 0.717) is 34.4 Å². The Morgan fingerprint density at radius 1 is 1.09 bits per heavy atom. The maximum atomic E-state index is 13.6. The summed E-state index contributed by atoms with van der Waals surface area (Å²) in [5, 5.41) is 8.65. The normalized spacial score (nSPS) is 20.6. The molecule has 1 aliphatic heterocycles. The van der Waals surface area contributed by atoms with E-state index in [0.717, 1.165) is 37.0 Å². The fourth-order valence-electron chi connectivity index (χ4n) is 5.31. The van der Waals surface area contributed by atoms with Gasteiger partial charge in [0.25, 0.3) is 5.91 Å². The fraction of sp³-hybridized carbons (Fsp3) is 0.500. The van der Waals surface area contributed by atoms with Gasteiger partial charge in [-0.3, -0.25) is 4.79 Å². The molecule has 0 bridgehead atoms. The number of hydrogen-bond acceptors (Lipinski definition) is 6. The van der Waals surface area contributed by atoms with Crippen molar-refractivity contribution in [3.63, 3.8) is 0 Å². The van der Waals surface area contributed by atoms with Crippen molar-refractivity contribution in [1.29, 1.82) is 0 Å². The molecule has 2 aromatic heterocycles. The standard InChI is InChI=1S/C26H32N4O4S/c1-17-24-22(26(31)27-19-7-5-3-4-6-8-19)15-23(18-9-11-21(34-2)12-10-18)28-25(24)30(29-17)20-13-14-35(32,33)16-20/h9-12,15,19-20H,3-8,13-14,16H2,1-2H3,(H,27,31)/t20-/m0/s1. The minimum absolute atomic E-state index is 0.0429. The lowest BCUT2D eigenvalue weighted by Gasteiger charge is -2.17. The Morgan fingerprint density at radius 2 is 1.80 bits per heavy atom. The van der Waals surface area contributed by atoms with E-state index < -0.39 is 9.84 Å². The molecule has 186 valence electrons. The van der Waals surface area contributed by atoms with Gasteiger partial charge in [0.1, 0.15) is 5.75 Å². The third-order valence-corrected chi connectivity index (χ3v) is 8.96. The molecule has 1 atom stereocenters. The average Bonchev–Trinajstić information content (AvgIpc) is 3.26. The molecule has 1 saturated heterocycles. The number of carbonyl (C=O) groups is 1. The lowest BCUT2D eigenvalue weighted by molar-refractivity contribution is 0.0935. The van der Waals surface area contributed by atoms with Crippen LogP contribution in [0.25, 0.3) is 22.3 Å². The number of benzene rings is 1. The van der Waals surface area contributed by atoms with Crippen molar-refractivity contribution >= 4 is 26.8 Å². The van der Waals surface area contributed by atoms with Crippen molar-refractivity contribution < 1.29 is 17.9 Å². The molecule has 0 radical (unpaired) electrons. The molecule has 8 nitrogen and oxygen atoms in total. The van der Waals surface area contributed by atoms with Crippen LogP contribution in [0.1, 0.15) is 67.0 Å². The van der Waals surface area contributed by atoms with Crippen molar-refractivity contribution in [2.24, 2.45) is 0 Å². The minimum atomic E-state index is -3.10. The Balaban J connectivity index is 1.61. The number of nitrogens with zero attached hydrogens (tertiary/aromatic N) is 3. The van der Waals surface area contributed by atoms with E-state index in [-0.39, 0.29) is 29.5 Å². The topological polar surface area (TPSA) is 103 Å². The number of ether oxygens (including phenoxy) is 1. The first-order chi connectivity index (χ1) is 16.8. The highest BCUT2D eigenvalue weighted by molar-refractivity contribution is 7.91. The average molecular weight is 497 g/mol. The Kier molecular flexibility index (Phi) is 6.53. The Morgan fingerprint density at radius 3 is 2.43 bits per heavy atom. The smallest absolute Gasteiger partial charge is 0.252 e. The second-order valence-corrected chi connectivity index (χ2v) is 12.0. The van der Waals surface area contributed by atoms with Crippen LogP contribution in [0.4, 0.5) is 0 Å². The second kappa shape index (κ2) is 9.60. The van der Waals surface area contributed by atoms with Crippen molar-refractivity contribution in [3.05, 3.63) is 41.6 Å². The first-order valence-electron chi connectivity index (χ1n) is 12.4. The van der Waals surface area contributed by atoms with Crippen LogP contribution in [0, 0.1) is 6.92 Å². The summed E-state index contributed by atoms with van der Waals surface area (Å²) in [6.07, 6.45) is 7.15. The molecule has 1 aromatic carbocycles. The number of amides is 1. The predicted octanol–water partition coefficient (Wildman–Crippen LogP) is 4.23. The van der Waals surface area contributed by atoms with Gasteiger partial charge in [0.2, 0.25) is 0 Å². The molecule has 35 heavy (non-hydrogen) atoms. The molecule has 1 saturated carbocycles. The van der Waals surface area contributed by atoms with Gasteiger partial charge in [-0.05, 0) is 56.5 Å². The largest absolute Gasteiger partial charge is 0.497 e. The van der Waals surface area contributed by atoms with Gasteiger partial charge in [-0.2, -0.15) is 5.10 Å². The van der Waals surface area contributed by atoms with Crippen molar-refractivity contribution in [2.45, 2.75) is 64.0 Å². The highest BCUT2D eigenvalue weighted by Crippen LogP contribution is 2.32. The Labute approximate surface area is 206 Å². The summed E-state index contributed by atoms with van der Waals surface area (Å²) in [5.74, 6) is 0.797. The molecule has 3 heterocycles. The summed E-state index contributed by atoms with van der Waals surface area (Å²) < 4.78 is 31.4. The van der Waals surface area contributed by atoms with Crippen LogP contribution in [0.5, 0.6) is 5.75 Å². The monoisotopic (exact) mass is 496 g/mol. The summed E-state index contributed by atoms with van der Waals surface area (Å²) >= 11 is 0. The fourth-order valence-corrected chi connectivity index (χ4v) is 7.00. The van der Waals surface area contributed by atoms with Crippen molar-refractivity contribution in [1.82, 2.24) is 20.1 Å². The molecule has 2 fully saturated rings. The van der Waals surface area contributed by atoms with Gasteiger partial charge >= 0.3 is 0 Å². The van der Waals surface area contributed by atoms with Crippen LogP contribution in [0.3, 0.4) is 0 Å². The van der Waals surface area contributed by atoms with E-state index in [1.165, 1.54) is 12.8 Å². The summed E-state index contributed by atoms with van der Waals surface area (Å²) in [4.78, 5) is 18.5. The molecule has 1 aliphatic carbocycles. The molecule has 1 N–H and O–H groups in total. The van der Waals surface area contributed by atoms with E-state index in [1.54, 1.807) is 11.8 Å². The quantitative estimate of drug-likeness (QED) is 0.531. The first-order valence-corrected chi connectivity index (χ1v) is 14.2. The van der Waals surface area contributed by atoms with Gasteiger partial charge < -0.3 is 10.1 Å². The maximum Gasteiger partial charge on any atom is 0.252 e. The van der Waals surface area contributed by atoms with Crippen LogP contribution in [0.2, 0.25) is 0 Å². The number of hydrogen-bond donors (Lipinski definition) is 1. The van der Waals surface area contributed by atoms with Crippen molar-refractivity contribution in [2.75, 3.05) is 18.6 Å². The molecule has 0 unspecified atom stereocenters. The zero-order valence-corrected chi connectivity index (χ0v) is 21.1. The molecular formula is C26H32N4O4S. The molecular weight excluding hydrogens is 464 g/mol. The highest BCUT2D eigenvalue weighted by Gasteiger charge is 2.32. The van der Waals surface area contributed by atoms with Gasteiger partial charge in [0.05, 0.1) is 47.0 Å². The van der Waals surface area contributed by atoms with E-state index >= 15 is 0 Å². The van der Waals surface area contributed by atoms with Crippen LogP contribution in [-0.4, -0.2) is 53.7 Å². The van der Waals surface area contributed by atoms with Gasteiger partial charge in [-0.1, -0.05) is 25.7 Å². The SMILES string of the molecule is COc1ccc(-c2cc(C(=O)NC3CCCCCC3)c3c(C)nn([C@H]4CCS(=O)(=O)C4)c3n2)cc1. The van der Waals surface area contributed by atoms with Crippen LogP contribution in [0.15, 0.2) is 30.3 Å². The predicted molar refractivity (Wildman–Crippen MR) is 136 cm³/mol. The summed E-state index contributed by atoms with van der Waals surface area (Å²) in [5.41, 5.74) is 3.27. The number of nitrogens with one attached hydrogen (secondary N) is 1. The molecule has 1 amide bonds. The number of aryl methyl sites for hydroxylation is 1. The van der Waals surface area contributed by atoms with E-state index in [9.17, 15) is 13.2 Å². The van der Waals surface area contributed by atoms with E-state index in [1.807, 2.05) is 37.3 Å². The number of rotatable bonds is 5. The van der Waals surface area contributed by atoms with Gasteiger partial charge in [0.15, 0.2) is 15.5 Å². The zero-order valence-electron chi connectivity index (χ0n) is 20.3. The summed E-state index contributed by atoms with van der Waals surface area (Å²) in [7, 11) is -1.49. The number of aromatic nitrogens is 3. The molecule has 5 rings (SSSR count). The Hall–Kier alpha value is -2.94. The lowest BCUT2D eigenvalue weighted by atomic mass is 10.0. The number of sulfone groups is 1. The number of carbonyl (C=O) groups excluding carboxylic acids is 1. The summed E-state index contributed by atoms with van der Waals surface area (Å²) in [6, 6.07) is 9.25. The van der Waals surface area contributed by atoms with Crippen LogP contribution < -0.4 is 10.1 Å². The van der Waals surface area contributed by atoms with E-state index in [2.05, 4.69) is 5.32 Å². The van der Waals surface area contributed by atoms with Gasteiger partial charge in [0, 0.05) is 11.6 Å². The molecule has 2 aliphatic rings.